The molecule has 0 aliphatic heterocycles. The van der Waals surface area contributed by atoms with Crippen molar-refractivity contribution in [1.82, 2.24) is 9.13 Å². The highest BCUT2D eigenvalue weighted by atomic mass is 19.1. The third kappa shape index (κ3) is 6.52. The Hall–Kier alpha value is -2.93. The topological polar surface area (TPSA) is 76.3 Å². The summed E-state index contributed by atoms with van der Waals surface area (Å²) in [4.78, 5) is 25.1. The van der Waals surface area contributed by atoms with Gasteiger partial charge in [0.25, 0.3) is 11.1 Å². The lowest BCUT2D eigenvalue weighted by atomic mass is 10.1. The molecule has 2 N–H and O–H groups in total. The van der Waals surface area contributed by atoms with Crippen molar-refractivity contribution in [2.24, 2.45) is 7.05 Å². The first kappa shape index (κ1) is 26.1. The van der Waals surface area contributed by atoms with Gasteiger partial charge in [0.1, 0.15) is 5.82 Å². The fourth-order valence-electron chi connectivity index (χ4n) is 2.89. The number of pyridine rings is 2. The number of rotatable bonds is 5. The van der Waals surface area contributed by atoms with Crippen molar-refractivity contribution in [3.8, 4) is 0 Å². The second-order valence-corrected chi connectivity index (χ2v) is 6.92. The number of aliphatic hydroxyl groups excluding tert-OH is 1. The van der Waals surface area contributed by atoms with E-state index in [1.165, 1.54) is 27.7 Å². The molecule has 170 valence electrons. The molecule has 6 nitrogen and oxygen atoms in total. The lowest BCUT2D eigenvalue weighted by Gasteiger charge is -2.14. The number of benzene rings is 1. The van der Waals surface area contributed by atoms with Gasteiger partial charge in [-0.2, -0.15) is 0 Å². The summed E-state index contributed by atoms with van der Waals surface area (Å²) < 4.78 is 17.1. The van der Waals surface area contributed by atoms with Gasteiger partial charge >= 0.3 is 0 Å². The Morgan fingerprint density at radius 1 is 1.06 bits per heavy atom. The molecule has 0 saturated carbocycles. The van der Waals surface area contributed by atoms with Crippen LogP contribution in [0, 0.1) is 12.7 Å². The maximum absolute atomic E-state index is 14.2. The number of aromatic nitrogens is 2. The monoisotopic (exact) mass is 431 g/mol. The second-order valence-electron chi connectivity index (χ2n) is 6.92. The second kappa shape index (κ2) is 12.7. The van der Waals surface area contributed by atoms with Crippen LogP contribution in [-0.4, -0.2) is 20.8 Å². The first-order chi connectivity index (χ1) is 14.8. The van der Waals surface area contributed by atoms with E-state index in [1.54, 1.807) is 38.4 Å². The average molecular weight is 432 g/mol. The lowest BCUT2D eigenvalue weighted by molar-refractivity contribution is 0.279. The van der Waals surface area contributed by atoms with Gasteiger partial charge in [-0.05, 0) is 37.1 Å². The van der Waals surface area contributed by atoms with E-state index in [4.69, 9.17) is 5.11 Å². The first-order valence-corrected chi connectivity index (χ1v) is 10.7. The number of halogens is 1. The van der Waals surface area contributed by atoms with Crippen molar-refractivity contribution in [2.75, 3.05) is 11.9 Å². The van der Waals surface area contributed by atoms with Crippen molar-refractivity contribution in [3.05, 3.63) is 68.6 Å². The number of hydrogen-bond acceptors (Lipinski definition) is 4. The van der Waals surface area contributed by atoms with Crippen molar-refractivity contribution in [2.45, 2.75) is 54.0 Å². The highest BCUT2D eigenvalue weighted by Gasteiger charge is 2.14. The van der Waals surface area contributed by atoms with Gasteiger partial charge in [0.15, 0.2) is 0 Å². The average Bonchev–Trinajstić information content (AvgIpc) is 2.75. The number of anilines is 2. The molecule has 0 amide bonds. The number of aryl methyl sites for hydroxylation is 3. The van der Waals surface area contributed by atoms with Gasteiger partial charge in [-0.25, -0.2) is 4.39 Å². The van der Waals surface area contributed by atoms with Crippen molar-refractivity contribution in [3.63, 3.8) is 0 Å². The number of fused-ring (bicyclic) bond motifs is 1. The van der Waals surface area contributed by atoms with E-state index >= 15 is 0 Å². The smallest absolute Gasteiger partial charge is 0.262 e. The molecule has 3 rings (SSSR count). The zero-order valence-electron chi connectivity index (χ0n) is 19.3. The molecule has 2 aromatic heterocycles. The van der Waals surface area contributed by atoms with Crippen LogP contribution in [-0.2, 0) is 13.6 Å². The molecule has 0 radical (unpaired) electrons. The summed E-state index contributed by atoms with van der Waals surface area (Å²) in [6, 6.07) is 7.66. The minimum atomic E-state index is -0.463. The van der Waals surface area contributed by atoms with Crippen LogP contribution in [0.1, 0.15) is 46.1 Å². The van der Waals surface area contributed by atoms with Crippen LogP contribution in [0.25, 0.3) is 10.9 Å². The van der Waals surface area contributed by atoms with Gasteiger partial charge in [-0.1, -0.05) is 40.2 Å². The third-order valence-electron chi connectivity index (χ3n) is 4.32. The normalized spacial score (nSPS) is 10.1. The van der Waals surface area contributed by atoms with Gasteiger partial charge in [0.05, 0.1) is 22.3 Å². The zero-order chi connectivity index (χ0) is 23.6. The van der Waals surface area contributed by atoms with Crippen molar-refractivity contribution in [1.29, 1.82) is 0 Å². The number of nitrogens with one attached hydrogen (secondary N) is 1. The fraction of sp³-hybridized carbons (Fsp3) is 0.417. The Morgan fingerprint density at radius 2 is 1.71 bits per heavy atom. The predicted octanol–water partition coefficient (Wildman–Crippen LogP) is 4.72. The van der Waals surface area contributed by atoms with Crippen molar-refractivity contribution < 1.29 is 9.50 Å². The van der Waals surface area contributed by atoms with Gasteiger partial charge in [0.2, 0.25) is 0 Å². The fourth-order valence-corrected chi connectivity index (χ4v) is 2.89. The standard InChI is InChI=1S/C19H20FN3O3.C3H8.C2H6/c1-12-4-5-14(13(20)10-12)21-15-11-17(25)22(2)16-6-8-23(7-3-9-24)19(26)18(15)16;1-3-2;1-2/h4-6,8,10-11,21,24H,3,7,9H2,1-2H3;3H2,1-2H3;1-2H3. The quantitative estimate of drug-likeness (QED) is 0.613. The molecule has 3 aromatic rings. The molecule has 2 heterocycles. The molecule has 0 unspecified atom stereocenters. The summed E-state index contributed by atoms with van der Waals surface area (Å²) in [5.41, 5.74) is 1.07. The van der Waals surface area contributed by atoms with Gasteiger partial charge in [-0.15, -0.1) is 0 Å². The van der Waals surface area contributed by atoms with Crippen LogP contribution in [0.5, 0.6) is 0 Å². The van der Waals surface area contributed by atoms with Gasteiger partial charge < -0.3 is 19.6 Å². The highest BCUT2D eigenvalue weighted by molar-refractivity contribution is 5.92. The van der Waals surface area contributed by atoms with Crippen LogP contribution in [0.15, 0.2) is 46.1 Å². The summed E-state index contributed by atoms with van der Waals surface area (Å²) in [5.74, 6) is -0.463. The molecule has 0 aliphatic rings. The Bertz CT molecular complexity index is 1100. The lowest BCUT2D eigenvalue weighted by Crippen LogP contribution is -2.25. The molecular formula is C24H34FN3O3. The Kier molecular flexibility index (Phi) is 10.7. The van der Waals surface area contributed by atoms with E-state index in [2.05, 4.69) is 19.2 Å². The van der Waals surface area contributed by atoms with Crippen LogP contribution in [0.4, 0.5) is 15.8 Å². The minimum Gasteiger partial charge on any atom is -0.396 e. The van der Waals surface area contributed by atoms with E-state index in [0.29, 0.717) is 23.9 Å². The molecule has 31 heavy (non-hydrogen) atoms. The van der Waals surface area contributed by atoms with E-state index in [1.807, 2.05) is 13.8 Å². The summed E-state index contributed by atoms with van der Waals surface area (Å²) in [5, 5.41) is 12.2. The van der Waals surface area contributed by atoms with Crippen LogP contribution >= 0.6 is 0 Å². The molecule has 0 fully saturated rings. The van der Waals surface area contributed by atoms with E-state index in [0.717, 1.165) is 5.56 Å². The highest BCUT2D eigenvalue weighted by Crippen LogP contribution is 2.24. The molecule has 7 heteroatoms. The Labute approximate surface area is 183 Å². The molecule has 0 atom stereocenters. The van der Waals surface area contributed by atoms with E-state index in [9.17, 15) is 14.0 Å². The van der Waals surface area contributed by atoms with Gasteiger partial charge in [-0.3, -0.25) is 9.59 Å². The summed E-state index contributed by atoms with van der Waals surface area (Å²) >= 11 is 0. The first-order valence-electron chi connectivity index (χ1n) is 10.7. The predicted molar refractivity (Wildman–Crippen MR) is 127 cm³/mol. The Balaban J connectivity index is 0.000000884. The molecule has 0 bridgehead atoms. The number of nitrogens with zero attached hydrogens (tertiary/aromatic N) is 2. The third-order valence-corrected chi connectivity index (χ3v) is 4.32. The molecule has 0 spiro atoms. The summed E-state index contributed by atoms with van der Waals surface area (Å²) in [7, 11) is 1.58. The SMILES string of the molecule is CC.CCC.Cc1ccc(Nc2cc(=O)n(C)c3ccn(CCCO)c(=O)c23)c(F)c1. The van der Waals surface area contributed by atoms with Gasteiger partial charge in [0, 0.05) is 32.5 Å². The summed E-state index contributed by atoms with van der Waals surface area (Å²) in [6.07, 6.45) is 3.28. The summed E-state index contributed by atoms with van der Waals surface area (Å²) in [6.45, 7) is 10.4. The largest absolute Gasteiger partial charge is 0.396 e. The Morgan fingerprint density at radius 3 is 2.29 bits per heavy atom. The molecular weight excluding hydrogens is 397 g/mol. The van der Waals surface area contributed by atoms with E-state index in [-0.39, 0.29) is 29.1 Å². The maximum Gasteiger partial charge on any atom is 0.262 e. The number of aliphatic hydroxyl groups is 1. The van der Waals surface area contributed by atoms with E-state index < -0.39 is 5.82 Å². The zero-order valence-corrected chi connectivity index (χ0v) is 19.3. The minimum absolute atomic E-state index is 0.0303. The molecule has 0 saturated heterocycles. The number of hydrogen-bond donors (Lipinski definition) is 2. The maximum atomic E-state index is 14.2. The van der Waals surface area contributed by atoms with Crippen LogP contribution < -0.4 is 16.4 Å². The van der Waals surface area contributed by atoms with Crippen LogP contribution in [0.3, 0.4) is 0 Å². The molecule has 0 aliphatic carbocycles. The molecule has 1 aromatic carbocycles. The van der Waals surface area contributed by atoms with Crippen LogP contribution in [0.2, 0.25) is 0 Å². The van der Waals surface area contributed by atoms with Crippen molar-refractivity contribution >= 4 is 22.3 Å².